The molecular weight excluding hydrogens is 785 g/mol. The first-order valence-electron chi connectivity index (χ1n) is 20.0. The number of hydrogen-bond acceptors (Lipinski definition) is 10. The summed E-state index contributed by atoms with van der Waals surface area (Å²) in [4.78, 5) is 32.4. The van der Waals surface area contributed by atoms with Crippen LogP contribution in [0.25, 0.3) is 0 Å². The number of hydrogen-bond donors (Lipinski definition) is 2. The molecule has 55 heavy (non-hydrogen) atoms. The van der Waals surface area contributed by atoms with Crippen LogP contribution in [0.4, 0.5) is 4.39 Å². The number of fused-ring (bicyclic) bond motifs is 4. The number of ketones is 2. The number of carbonyl (C=O) groups excluding carboxylic acids is 2. The number of ether oxygens (including phenoxy) is 2. The van der Waals surface area contributed by atoms with Crippen molar-refractivity contribution in [3.8, 4) is 11.6 Å². The predicted molar refractivity (Wildman–Crippen MR) is 218 cm³/mol. The van der Waals surface area contributed by atoms with Gasteiger partial charge in [-0.15, -0.1) is 0 Å². The van der Waals surface area contributed by atoms with E-state index in [0.717, 1.165) is 32.1 Å². The average Bonchev–Trinajstić information content (AvgIpc) is 3.49. The third-order valence-electron chi connectivity index (χ3n) is 12.0. The lowest BCUT2D eigenvalue weighted by Gasteiger charge is -2.55. The van der Waals surface area contributed by atoms with Crippen molar-refractivity contribution < 1.29 is 37.5 Å². The summed E-state index contributed by atoms with van der Waals surface area (Å²) in [7, 11) is 0.889. The average molecular weight is 849 g/mol. The molecule has 0 bridgehead atoms. The van der Waals surface area contributed by atoms with Crippen molar-refractivity contribution in [2.45, 2.75) is 137 Å². The monoisotopic (exact) mass is 847 g/mol. The van der Waals surface area contributed by atoms with E-state index in [2.05, 4.69) is 67.9 Å². The van der Waals surface area contributed by atoms with Crippen LogP contribution in [0.1, 0.15) is 138 Å². The van der Waals surface area contributed by atoms with Crippen molar-refractivity contribution in [3.63, 3.8) is 0 Å². The fourth-order valence-corrected chi connectivity index (χ4v) is 10.0. The first-order chi connectivity index (χ1) is 25.6. The first kappa shape index (κ1) is 43.5. The van der Waals surface area contributed by atoms with E-state index in [1.165, 1.54) is 0 Å². The Kier molecular flexibility index (Phi) is 12.9. The maximum absolute atomic E-state index is 17.0. The molecule has 0 saturated heterocycles. The Bertz CT molecular complexity index is 1810. The van der Waals surface area contributed by atoms with Crippen LogP contribution in [0, 0.1) is 23.1 Å². The largest absolute Gasteiger partial charge is 0.508 e. The highest BCUT2D eigenvalue weighted by atomic mass is 79.9. The third-order valence-corrected chi connectivity index (χ3v) is 17.3. The maximum atomic E-state index is 17.0. The maximum Gasteiger partial charge on any atom is 0.265 e. The standard InChI is InChI=1S/C42H63BrFN3O7Si/c1-13-15-19-51-35-29-25(32(44)26(31(35)43)23-45-18-17-40(3,4)5)21-24-22-27-33(47(9)10)36-30(39(46-53-36)52-20-16-14-2)38(50)42(27,37(49)28(24)34(29)48)54-55(11,12)41(6,7)8/h24,27,33,45,49H,13-23H2,1-12H3/t24-,27-,33-,42-/m0/s1. The number of rotatable bonds is 15. The Hall–Kier alpha value is -2.58. The van der Waals surface area contributed by atoms with Gasteiger partial charge in [0.25, 0.3) is 5.88 Å². The van der Waals surface area contributed by atoms with Crippen LogP contribution in [-0.4, -0.2) is 74.5 Å². The van der Waals surface area contributed by atoms with Crippen molar-refractivity contribution >= 4 is 35.8 Å². The van der Waals surface area contributed by atoms with Gasteiger partial charge in [-0.05, 0) is 103 Å². The van der Waals surface area contributed by atoms with E-state index in [0.29, 0.717) is 35.6 Å². The molecule has 1 heterocycles. The van der Waals surface area contributed by atoms with Crippen LogP contribution < -0.4 is 14.8 Å². The second kappa shape index (κ2) is 16.3. The summed E-state index contributed by atoms with van der Waals surface area (Å²) in [5, 5.41) is 20.2. The smallest absolute Gasteiger partial charge is 0.265 e. The van der Waals surface area contributed by atoms with E-state index in [1.54, 1.807) is 0 Å². The Labute approximate surface area is 336 Å². The lowest BCUT2D eigenvalue weighted by Crippen LogP contribution is -2.65. The summed E-state index contributed by atoms with van der Waals surface area (Å²) in [6.07, 6.45) is 4.50. The molecule has 13 heteroatoms. The van der Waals surface area contributed by atoms with Gasteiger partial charge in [0.15, 0.2) is 25.5 Å². The highest BCUT2D eigenvalue weighted by Crippen LogP contribution is 2.60. The third kappa shape index (κ3) is 7.98. The number of aliphatic hydroxyl groups excluding tert-OH is 1. The van der Waals surface area contributed by atoms with Crippen LogP contribution >= 0.6 is 15.9 Å². The van der Waals surface area contributed by atoms with Crippen LogP contribution in [0.2, 0.25) is 18.1 Å². The zero-order chi connectivity index (χ0) is 40.8. The zero-order valence-corrected chi connectivity index (χ0v) is 37.6. The summed E-state index contributed by atoms with van der Waals surface area (Å²) < 4.78 is 42.9. The van der Waals surface area contributed by atoms with Crippen molar-refractivity contribution in [3.05, 3.63) is 49.6 Å². The Balaban J connectivity index is 1.74. The number of nitrogens with zero attached hydrogens (tertiary/aromatic N) is 2. The predicted octanol–water partition coefficient (Wildman–Crippen LogP) is 9.91. The second-order valence-corrected chi connectivity index (χ2v) is 24.1. The van der Waals surface area contributed by atoms with Gasteiger partial charge in [-0.25, -0.2) is 4.39 Å². The van der Waals surface area contributed by atoms with Gasteiger partial charge >= 0.3 is 0 Å². The molecule has 1 aromatic carbocycles. The minimum Gasteiger partial charge on any atom is -0.508 e. The Morgan fingerprint density at radius 3 is 2.27 bits per heavy atom. The van der Waals surface area contributed by atoms with Crippen LogP contribution in [0.5, 0.6) is 11.6 Å². The van der Waals surface area contributed by atoms with E-state index >= 15 is 14.0 Å². The van der Waals surface area contributed by atoms with Gasteiger partial charge < -0.3 is 28.8 Å². The molecule has 0 unspecified atom stereocenters. The van der Waals surface area contributed by atoms with Crippen molar-refractivity contribution in [2.24, 2.45) is 17.3 Å². The summed E-state index contributed by atoms with van der Waals surface area (Å²) >= 11 is 3.65. The SMILES string of the molecule is CCCCOc1noc2c1C(=O)[C@@]1(O[Si](C)(C)C(C)(C)C)C(O)=C3C(=O)c4c(c(F)c(CNCCC(C)(C)C)c(Br)c4OCCCC)C[C@H]3C[C@H]1[C@@H]2N(C)C. The minimum atomic E-state index is -2.88. The lowest BCUT2D eigenvalue weighted by molar-refractivity contribution is -0.0481. The Morgan fingerprint density at radius 1 is 1.05 bits per heavy atom. The molecule has 0 amide bonds. The van der Waals surface area contributed by atoms with Crippen LogP contribution in [-0.2, 0) is 17.4 Å². The summed E-state index contributed by atoms with van der Waals surface area (Å²) in [5.74, 6) is -2.63. The molecule has 0 saturated carbocycles. The van der Waals surface area contributed by atoms with Gasteiger partial charge in [0.05, 0.1) is 29.3 Å². The number of unbranched alkanes of at least 4 members (excludes halogenated alkanes) is 2. The molecule has 0 radical (unpaired) electrons. The summed E-state index contributed by atoms with van der Waals surface area (Å²) in [6, 6.07) is -0.584. The summed E-state index contributed by atoms with van der Waals surface area (Å²) in [5.41, 5.74) is -0.897. The van der Waals surface area contributed by atoms with E-state index < -0.39 is 54.9 Å². The van der Waals surface area contributed by atoms with Crippen molar-refractivity contribution in [2.75, 3.05) is 33.9 Å². The number of halogens is 2. The number of carbonyl (C=O) groups is 2. The lowest BCUT2D eigenvalue weighted by atomic mass is 9.58. The molecule has 0 aliphatic heterocycles. The van der Waals surface area contributed by atoms with Gasteiger partial charge in [0.2, 0.25) is 5.78 Å². The number of Topliss-reactive ketones (excluding diaryl/α,β-unsaturated/α-hetero) is 2. The topological polar surface area (TPSA) is 123 Å². The molecule has 0 spiro atoms. The summed E-state index contributed by atoms with van der Waals surface area (Å²) in [6.45, 7) is 22.4. The molecule has 2 aromatic rings. The quantitative estimate of drug-likeness (QED) is 0.132. The second-order valence-electron chi connectivity index (χ2n) is 18.6. The first-order valence-corrected chi connectivity index (χ1v) is 23.7. The highest BCUT2D eigenvalue weighted by Gasteiger charge is 2.67. The number of benzene rings is 1. The number of aromatic nitrogens is 1. The molecule has 4 atom stereocenters. The molecule has 5 rings (SSSR count). The molecular formula is C42H63BrFN3O7Si. The van der Waals surface area contributed by atoms with Gasteiger partial charge in [0, 0.05) is 29.2 Å². The van der Waals surface area contributed by atoms with E-state index in [4.69, 9.17) is 18.4 Å². The fraction of sp³-hybridized carbons (Fsp3) is 0.690. The van der Waals surface area contributed by atoms with Gasteiger partial charge in [-0.3, -0.25) is 14.5 Å². The number of aliphatic hydroxyl groups is 1. The van der Waals surface area contributed by atoms with Gasteiger partial charge in [-0.1, -0.05) is 68.2 Å². The molecule has 10 nitrogen and oxygen atoms in total. The van der Waals surface area contributed by atoms with Crippen LogP contribution in [0.15, 0.2) is 20.3 Å². The number of nitrogens with one attached hydrogen (secondary N) is 1. The molecule has 3 aliphatic carbocycles. The Morgan fingerprint density at radius 2 is 1.69 bits per heavy atom. The molecule has 306 valence electrons. The minimum absolute atomic E-state index is 0.0541. The van der Waals surface area contributed by atoms with Gasteiger partial charge in [-0.2, -0.15) is 0 Å². The van der Waals surface area contributed by atoms with Crippen LogP contribution in [0.3, 0.4) is 0 Å². The van der Waals surface area contributed by atoms with E-state index in [9.17, 15) is 5.11 Å². The van der Waals surface area contributed by atoms with E-state index in [1.807, 2.05) is 45.9 Å². The number of allylic oxidation sites excluding steroid dienone is 1. The highest BCUT2D eigenvalue weighted by molar-refractivity contribution is 9.10. The molecule has 2 N–H and O–H groups in total. The fourth-order valence-electron chi connectivity index (χ4n) is 7.93. The van der Waals surface area contributed by atoms with Gasteiger partial charge in [0.1, 0.15) is 22.9 Å². The molecule has 0 fully saturated rings. The zero-order valence-electron chi connectivity index (χ0n) is 35.1. The van der Waals surface area contributed by atoms with E-state index in [-0.39, 0.29) is 63.7 Å². The normalized spacial score (nSPS) is 22.8. The molecule has 1 aromatic heterocycles. The van der Waals surface area contributed by atoms with Crippen molar-refractivity contribution in [1.82, 2.24) is 15.4 Å². The van der Waals surface area contributed by atoms with Crippen molar-refractivity contribution in [1.29, 1.82) is 0 Å². The molecule has 3 aliphatic rings.